The van der Waals surface area contributed by atoms with E-state index in [4.69, 9.17) is 0 Å². The van der Waals surface area contributed by atoms with Gasteiger partial charge in [0.25, 0.3) is 0 Å². The minimum absolute atomic E-state index is 0.338. The number of nitrogens with one attached hydrogen (secondary N) is 1. The number of hydrogen-bond acceptors (Lipinski definition) is 1. The molecule has 0 unspecified atom stereocenters. The molecule has 0 saturated heterocycles. The highest BCUT2D eigenvalue weighted by Crippen LogP contribution is 2.19. The molecule has 18 heavy (non-hydrogen) atoms. The third-order valence-electron chi connectivity index (χ3n) is 2.93. The molecule has 0 saturated carbocycles. The second kappa shape index (κ2) is 6.50. The molecule has 0 aliphatic rings. The largest absolute Gasteiger partial charge is 0.306 e. The lowest BCUT2D eigenvalue weighted by atomic mass is 10.1. The van der Waals surface area contributed by atoms with Gasteiger partial charge in [-0.15, -0.1) is 0 Å². The van der Waals surface area contributed by atoms with E-state index in [-0.39, 0.29) is 0 Å². The van der Waals surface area contributed by atoms with Crippen molar-refractivity contribution in [1.29, 1.82) is 0 Å². The standard InChI is InChI=1S/C15H15Br2N/c1-11(12-6-8-14(16)9-7-12)18-10-13-4-2-3-5-15(13)17/h2-9,11,18H,10H2,1H3/t11-/m1/s1. The van der Waals surface area contributed by atoms with E-state index in [0.29, 0.717) is 6.04 Å². The van der Waals surface area contributed by atoms with Gasteiger partial charge in [-0.05, 0) is 36.2 Å². The normalized spacial score (nSPS) is 12.4. The SMILES string of the molecule is C[C@@H](NCc1ccccc1Br)c1ccc(Br)cc1. The van der Waals surface area contributed by atoms with Gasteiger partial charge in [-0.25, -0.2) is 0 Å². The topological polar surface area (TPSA) is 12.0 Å². The Morgan fingerprint density at radius 2 is 1.67 bits per heavy atom. The maximum atomic E-state index is 3.57. The summed E-state index contributed by atoms with van der Waals surface area (Å²) in [5.41, 5.74) is 2.58. The molecule has 0 spiro atoms. The fourth-order valence-corrected chi connectivity index (χ4v) is 2.46. The summed E-state index contributed by atoms with van der Waals surface area (Å²) in [5, 5.41) is 3.53. The van der Waals surface area contributed by atoms with Gasteiger partial charge >= 0.3 is 0 Å². The second-order valence-electron chi connectivity index (χ2n) is 4.25. The van der Waals surface area contributed by atoms with Crippen molar-refractivity contribution >= 4 is 31.9 Å². The van der Waals surface area contributed by atoms with Crippen molar-refractivity contribution in [2.45, 2.75) is 19.5 Å². The minimum atomic E-state index is 0.338. The van der Waals surface area contributed by atoms with Crippen LogP contribution in [0.2, 0.25) is 0 Å². The first-order chi connectivity index (χ1) is 8.66. The van der Waals surface area contributed by atoms with Crippen molar-refractivity contribution in [1.82, 2.24) is 5.32 Å². The van der Waals surface area contributed by atoms with Crippen LogP contribution in [0.3, 0.4) is 0 Å². The van der Waals surface area contributed by atoms with Crippen molar-refractivity contribution in [3.05, 3.63) is 68.6 Å². The third kappa shape index (κ3) is 3.67. The van der Waals surface area contributed by atoms with E-state index in [1.54, 1.807) is 0 Å². The molecule has 0 aromatic heterocycles. The van der Waals surface area contributed by atoms with Gasteiger partial charge in [-0.1, -0.05) is 62.2 Å². The molecule has 0 heterocycles. The Kier molecular flexibility index (Phi) is 4.98. The molecule has 1 atom stereocenters. The zero-order valence-electron chi connectivity index (χ0n) is 10.2. The van der Waals surface area contributed by atoms with Gasteiger partial charge in [0.2, 0.25) is 0 Å². The Labute approximate surface area is 125 Å². The van der Waals surface area contributed by atoms with Crippen LogP contribution >= 0.6 is 31.9 Å². The van der Waals surface area contributed by atoms with E-state index in [2.05, 4.69) is 86.6 Å². The molecule has 94 valence electrons. The summed E-state index contributed by atoms with van der Waals surface area (Å²) in [7, 11) is 0. The predicted molar refractivity (Wildman–Crippen MR) is 83.5 cm³/mol. The molecular formula is C15H15Br2N. The highest BCUT2D eigenvalue weighted by atomic mass is 79.9. The molecule has 0 radical (unpaired) electrons. The van der Waals surface area contributed by atoms with Crippen LogP contribution < -0.4 is 5.32 Å². The minimum Gasteiger partial charge on any atom is -0.306 e. The van der Waals surface area contributed by atoms with Crippen LogP contribution in [0, 0.1) is 0 Å². The van der Waals surface area contributed by atoms with Crippen molar-refractivity contribution < 1.29 is 0 Å². The van der Waals surface area contributed by atoms with Crippen LogP contribution in [-0.4, -0.2) is 0 Å². The van der Waals surface area contributed by atoms with Crippen molar-refractivity contribution in [3.63, 3.8) is 0 Å². The molecule has 1 nitrogen and oxygen atoms in total. The first-order valence-corrected chi connectivity index (χ1v) is 7.47. The zero-order valence-corrected chi connectivity index (χ0v) is 13.3. The first kappa shape index (κ1) is 13.8. The van der Waals surface area contributed by atoms with Crippen molar-refractivity contribution in [2.24, 2.45) is 0 Å². The van der Waals surface area contributed by atoms with E-state index < -0.39 is 0 Å². The van der Waals surface area contributed by atoms with Gasteiger partial charge < -0.3 is 5.32 Å². The number of hydrogen-bond donors (Lipinski definition) is 1. The van der Waals surface area contributed by atoms with Crippen LogP contribution in [0.1, 0.15) is 24.1 Å². The van der Waals surface area contributed by atoms with Crippen LogP contribution in [0.4, 0.5) is 0 Å². The Morgan fingerprint density at radius 3 is 2.33 bits per heavy atom. The molecule has 0 fully saturated rings. The summed E-state index contributed by atoms with van der Waals surface area (Å²) < 4.78 is 2.27. The third-order valence-corrected chi connectivity index (χ3v) is 4.23. The maximum absolute atomic E-state index is 3.57. The van der Waals surface area contributed by atoms with E-state index in [1.165, 1.54) is 11.1 Å². The van der Waals surface area contributed by atoms with Gasteiger partial charge in [0.1, 0.15) is 0 Å². The average molecular weight is 369 g/mol. The second-order valence-corrected chi connectivity index (χ2v) is 6.02. The highest BCUT2D eigenvalue weighted by Gasteiger charge is 2.05. The Hall–Kier alpha value is -0.640. The smallest absolute Gasteiger partial charge is 0.0294 e. The quantitative estimate of drug-likeness (QED) is 0.794. The Balaban J connectivity index is 1.98. The van der Waals surface area contributed by atoms with Crippen molar-refractivity contribution in [3.8, 4) is 0 Å². The lowest BCUT2D eigenvalue weighted by Gasteiger charge is -2.15. The van der Waals surface area contributed by atoms with Gasteiger partial charge in [-0.3, -0.25) is 0 Å². The average Bonchev–Trinajstić information content (AvgIpc) is 2.38. The molecular weight excluding hydrogens is 354 g/mol. The van der Waals surface area contributed by atoms with E-state index >= 15 is 0 Å². The summed E-state index contributed by atoms with van der Waals surface area (Å²) >= 11 is 7.02. The van der Waals surface area contributed by atoms with Crippen molar-refractivity contribution in [2.75, 3.05) is 0 Å². The first-order valence-electron chi connectivity index (χ1n) is 5.89. The molecule has 2 aromatic carbocycles. The van der Waals surface area contributed by atoms with Gasteiger partial charge in [0.15, 0.2) is 0 Å². The zero-order chi connectivity index (χ0) is 13.0. The van der Waals surface area contributed by atoms with Crippen LogP contribution in [0.25, 0.3) is 0 Å². The lowest BCUT2D eigenvalue weighted by Crippen LogP contribution is -2.18. The van der Waals surface area contributed by atoms with Crippen LogP contribution in [0.15, 0.2) is 57.5 Å². The Bertz CT molecular complexity index is 508. The van der Waals surface area contributed by atoms with Gasteiger partial charge in [0, 0.05) is 21.5 Å². The number of halogens is 2. The fourth-order valence-electron chi connectivity index (χ4n) is 1.77. The van der Waals surface area contributed by atoms with Crippen LogP contribution in [0.5, 0.6) is 0 Å². The van der Waals surface area contributed by atoms with E-state index in [0.717, 1.165) is 15.5 Å². The predicted octanol–water partition coefficient (Wildman–Crippen LogP) is 5.06. The highest BCUT2D eigenvalue weighted by molar-refractivity contribution is 9.10. The molecule has 3 heteroatoms. The summed E-state index contributed by atoms with van der Waals surface area (Å²) in [4.78, 5) is 0. The summed E-state index contributed by atoms with van der Waals surface area (Å²) in [5.74, 6) is 0. The molecule has 2 aromatic rings. The lowest BCUT2D eigenvalue weighted by molar-refractivity contribution is 0.573. The molecule has 0 aliphatic carbocycles. The van der Waals surface area contributed by atoms with Crippen LogP contribution in [-0.2, 0) is 6.54 Å². The number of benzene rings is 2. The monoisotopic (exact) mass is 367 g/mol. The van der Waals surface area contributed by atoms with Gasteiger partial charge in [-0.2, -0.15) is 0 Å². The molecule has 0 bridgehead atoms. The molecule has 2 rings (SSSR count). The van der Waals surface area contributed by atoms with E-state index in [1.807, 2.05) is 6.07 Å². The van der Waals surface area contributed by atoms with E-state index in [9.17, 15) is 0 Å². The molecule has 0 aliphatic heterocycles. The molecule has 0 amide bonds. The summed E-state index contributed by atoms with van der Waals surface area (Å²) in [6.45, 7) is 3.04. The summed E-state index contributed by atoms with van der Waals surface area (Å²) in [6.07, 6.45) is 0. The van der Waals surface area contributed by atoms with Gasteiger partial charge in [0.05, 0.1) is 0 Å². The molecule has 1 N–H and O–H groups in total. The fraction of sp³-hybridized carbons (Fsp3) is 0.200. The number of rotatable bonds is 4. The maximum Gasteiger partial charge on any atom is 0.0294 e. The Morgan fingerprint density at radius 1 is 1.00 bits per heavy atom. The summed E-state index contributed by atoms with van der Waals surface area (Å²) in [6, 6.07) is 17.1.